The second-order valence-electron chi connectivity index (χ2n) is 7.53. The molecule has 2 N–H and O–H groups in total. The van der Waals surface area contributed by atoms with Gasteiger partial charge in [-0.25, -0.2) is 0 Å². The number of ether oxygens (including phenoxy) is 1. The quantitative estimate of drug-likeness (QED) is 0.276. The van der Waals surface area contributed by atoms with Gasteiger partial charge in [-0.2, -0.15) is 0 Å². The number of rotatable bonds is 19. The van der Waals surface area contributed by atoms with Crippen molar-refractivity contribution in [2.24, 2.45) is 11.7 Å². The highest BCUT2D eigenvalue weighted by molar-refractivity contribution is 4.51. The molecular formula is C21H45NO. The third-order valence-corrected chi connectivity index (χ3v) is 4.56. The van der Waals surface area contributed by atoms with Crippen LogP contribution in [0.3, 0.4) is 0 Å². The monoisotopic (exact) mass is 327 g/mol. The normalized spacial score (nSPS) is 11.5. The molecule has 0 amide bonds. The molecule has 2 nitrogen and oxygen atoms in total. The summed E-state index contributed by atoms with van der Waals surface area (Å²) in [7, 11) is 0. The molecule has 0 rings (SSSR count). The SMILES string of the molecule is CC(C)CCCCCCCCCCCCCCCOCCCN. The predicted molar refractivity (Wildman–Crippen MR) is 104 cm³/mol. The van der Waals surface area contributed by atoms with Crippen LogP contribution in [-0.2, 0) is 4.74 Å². The van der Waals surface area contributed by atoms with E-state index in [-0.39, 0.29) is 0 Å². The summed E-state index contributed by atoms with van der Waals surface area (Å²) in [6.45, 7) is 7.18. The highest BCUT2D eigenvalue weighted by atomic mass is 16.5. The van der Waals surface area contributed by atoms with Crippen LogP contribution in [-0.4, -0.2) is 19.8 Å². The molecule has 0 heterocycles. The minimum atomic E-state index is 0.748. The van der Waals surface area contributed by atoms with Crippen molar-refractivity contribution in [3.8, 4) is 0 Å². The second-order valence-corrected chi connectivity index (χ2v) is 7.53. The summed E-state index contributed by atoms with van der Waals surface area (Å²) in [4.78, 5) is 0. The fraction of sp³-hybridized carbons (Fsp3) is 1.00. The maximum absolute atomic E-state index is 5.51. The van der Waals surface area contributed by atoms with Crippen LogP contribution in [0.1, 0.15) is 110 Å². The Morgan fingerprint density at radius 2 is 0.957 bits per heavy atom. The minimum Gasteiger partial charge on any atom is -0.381 e. The lowest BCUT2D eigenvalue weighted by molar-refractivity contribution is 0.129. The van der Waals surface area contributed by atoms with Gasteiger partial charge in [0.15, 0.2) is 0 Å². The molecule has 0 saturated carbocycles. The summed E-state index contributed by atoms with van der Waals surface area (Å²) in [6.07, 6.45) is 20.8. The Bertz CT molecular complexity index is 206. The van der Waals surface area contributed by atoms with E-state index < -0.39 is 0 Å². The molecule has 0 aliphatic heterocycles. The van der Waals surface area contributed by atoms with Gasteiger partial charge in [-0.1, -0.05) is 97.3 Å². The van der Waals surface area contributed by atoms with Crippen LogP contribution < -0.4 is 5.73 Å². The predicted octanol–water partition coefficient (Wildman–Crippen LogP) is 6.47. The molecule has 140 valence electrons. The average molecular weight is 328 g/mol. The second kappa shape index (κ2) is 20.0. The van der Waals surface area contributed by atoms with Gasteiger partial charge in [-0.05, 0) is 25.3 Å². The van der Waals surface area contributed by atoms with Gasteiger partial charge in [0.05, 0.1) is 0 Å². The molecular weight excluding hydrogens is 282 g/mol. The van der Waals surface area contributed by atoms with Gasteiger partial charge < -0.3 is 10.5 Å². The van der Waals surface area contributed by atoms with Crippen LogP contribution in [0.5, 0.6) is 0 Å². The fourth-order valence-corrected chi connectivity index (χ4v) is 2.99. The van der Waals surface area contributed by atoms with Gasteiger partial charge in [-0.15, -0.1) is 0 Å². The summed E-state index contributed by atoms with van der Waals surface area (Å²) in [5.41, 5.74) is 5.42. The zero-order valence-electron chi connectivity index (χ0n) is 16.3. The first-order valence-corrected chi connectivity index (χ1v) is 10.5. The number of unbranched alkanes of at least 4 members (excludes halogenated alkanes) is 12. The Morgan fingerprint density at radius 3 is 1.39 bits per heavy atom. The fourth-order valence-electron chi connectivity index (χ4n) is 2.99. The Balaban J connectivity index is 2.95. The standard InChI is InChI=1S/C21H45NO/c1-21(2)17-14-12-10-8-6-4-3-5-7-9-11-13-15-19-23-20-16-18-22/h21H,3-20,22H2,1-2H3. The van der Waals surface area contributed by atoms with Crippen LogP contribution in [0.25, 0.3) is 0 Å². The summed E-state index contributed by atoms with van der Waals surface area (Å²) in [6, 6.07) is 0. The number of hydrogen-bond donors (Lipinski definition) is 1. The van der Waals surface area contributed by atoms with Crippen molar-refractivity contribution in [3.05, 3.63) is 0 Å². The molecule has 0 aromatic heterocycles. The zero-order valence-corrected chi connectivity index (χ0v) is 16.3. The average Bonchev–Trinajstić information content (AvgIpc) is 2.53. The van der Waals surface area contributed by atoms with E-state index in [0.717, 1.165) is 32.1 Å². The third kappa shape index (κ3) is 21.9. The van der Waals surface area contributed by atoms with Crippen molar-refractivity contribution < 1.29 is 4.74 Å². The first-order valence-electron chi connectivity index (χ1n) is 10.5. The van der Waals surface area contributed by atoms with E-state index in [4.69, 9.17) is 10.5 Å². The molecule has 0 spiro atoms. The molecule has 0 radical (unpaired) electrons. The van der Waals surface area contributed by atoms with Gasteiger partial charge in [0.25, 0.3) is 0 Å². The molecule has 0 aliphatic carbocycles. The molecule has 0 fully saturated rings. The van der Waals surface area contributed by atoms with Gasteiger partial charge in [0.2, 0.25) is 0 Å². The maximum atomic E-state index is 5.51. The highest BCUT2D eigenvalue weighted by Gasteiger charge is 1.96. The topological polar surface area (TPSA) is 35.2 Å². The summed E-state index contributed by atoms with van der Waals surface area (Å²) < 4.78 is 5.51. The Morgan fingerprint density at radius 1 is 0.565 bits per heavy atom. The molecule has 0 bridgehead atoms. The van der Waals surface area contributed by atoms with Crippen LogP contribution >= 0.6 is 0 Å². The van der Waals surface area contributed by atoms with E-state index in [2.05, 4.69) is 13.8 Å². The van der Waals surface area contributed by atoms with Gasteiger partial charge in [0.1, 0.15) is 0 Å². The van der Waals surface area contributed by atoms with Crippen molar-refractivity contribution in [2.75, 3.05) is 19.8 Å². The smallest absolute Gasteiger partial charge is 0.0478 e. The van der Waals surface area contributed by atoms with E-state index >= 15 is 0 Å². The third-order valence-electron chi connectivity index (χ3n) is 4.56. The van der Waals surface area contributed by atoms with Crippen molar-refractivity contribution in [2.45, 2.75) is 110 Å². The zero-order chi connectivity index (χ0) is 17.0. The summed E-state index contributed by atoms with van der Waals surface area (Å²) in [5.74, 6) is 0.888. The van der Waals surface area contributed by atoms with Crippen LogP contribution in [0.2, 0.25) is 0 Å². The van der Waals surface area contributed by atoms with E-state index in [1.165, 1.54) is 89.9 Å². The van der Waals surface area contributed by atoms with Crippen molar-refractivity contribution in [3.63, 3.8) is 0 Å². The lowest BCUT2D eigenvalue weighted by Crippen LogP contribution is -2.04. The largest absolute Gasteiger partial charge is 0.381 e. The minimum absolute atomic E-state index is 0.748. The first-order chi connectivity index (χ1) is 11.3. The van der Waals surface area contributed by atoms with E-state index in [1.54, 1.807) is 0 Å². The van der Waals surface area contributed by atoms with Crippen LogP contribution in [0, 0.1) is 5.92 Å². The van der Waals surface area contributed by atoms with Crippen LogP contribution in [0.15, 0.2) is 0 Å². The summed E-state index contributed by atoms with van der Waals surface area (Å²) in [5, 5.41) is 0. The van der Waals surface area contributed by atoms with E-state index in [1.807, 2.05) is 0 Å². The molecule has 0 aromatic carbocycles. The van der Waals surface area contributed by atoms with Gasteiger partial charge >= 0.3 is 0 Å². The highest BCUT2D eigenvalue weighted by Crippen LogP contribution is 2.14. The Kier molecular flexibility index (Phi) is 19.9. The molecule has 23 heavy (non-hydrogen) atoms. The van der Waals surface area contributed by atoms with Gasteiger partial charge in [0, 0.05) is 13.2 Å². The lowest BCUT2D eigenvalue weighted by atomic mass is 10.0. The van der Waals surface area contributed by atoms with E-state index in [9.17, 15) is 0 Å². The number of hydrogen-bond acceptors (Lipinski definition) is 2. The Hall–Kier alpha value is -0.0800. The summed E-state index contributed by atoms with van der Waals surface area (Å²) >= 11 is 0. The number of nitrogens with two attached hydrogens (primary N) is 1. The molecule has 0 aromatic rings. The first kappa shape index (κ1) is 22.9. The van der Waals surface area contributed by atoms with Gasteiger partial charge in [-0.3, -0.25) is 0 Å². The van der Waals surface area contributed by atoms with Crippen LogP contribution in [0.4, 0.5) is 0 Å². The van der Waals surface area contributed by atoms with Crippen molar-refractivity contribution in [1.82, 2.24) is 0 Å². The molecule has 0 aliphatic rings. The van der Waals surface area contributed by atoms with Crippen molar-refractivity contribution in [1.29, 1.82) is 0 Å². The van der Waals surface area contributed by atoms with Crippen molar-refractivity contribution >= 4 is 0 Å². The maximum Gasteiger partial charge on any atom is 0.0478 e. The molecule has 2 heteroatoms. The molecule has 0 unspecified atom stereocenters. The molecule has 0 atom stereocenters. The van der Waals surface area contributed by atoms with E-state index in [0.29, 0.717) is 0 Å². The lowest BCUT2D eigenvalue weighted by Gasteiger charge is -2.05. The Labute approximate surface area is 146 Å². The molecule has 0 saturated heterocycles.